The number of nitrogens with zero attached hydrogens (tertiary/aromatic N) is 1. The zero-order valence-electron chi connectivity index (χ0n) is 15.4. The Morgan fingerprint density at radius 1 is 1.11 bits per heavy atom. The van der Waals surface area contributed by atoms with Gasteiger partial charge in [0.25, 0.3) is 0 Å². The number of amides is 2. The predicted molar refractivity (Wildman–Crippen MR) is 110 cm³/mol. The van der Waals surface area contributed by atoms with E-state index in [-0.39, 0.29) is 22.7 Å². The minimum atomic E-state index is -3.34. The summed E-state index contributed by atoms with van der Waals surface area (Å²) in [6.07, 6.45) is 0. The molecular weight excluding hydrogens is 407 g/mol. The van der Waals surface area contributed by atoms with Crippen molar-refractivity contribution in [1.82, 2.24) is 4.90 Å². The number of sulfone groups is 1. The van der Waals surface area contributed by atoms with Crippen molar-refractivity contribution < 1.29 is 13.2 Å². The third-order valence-corrected chi connectivity index (χ3v) is 6.52. The molecule has 0 aliphatic heterocycles. The second-order valence-corrected chi connectivity index (χ2v) is 9.42. The Bertz CT molecular complexity index is 930. The number of anilines is 1. The molecule has 0 heterocycles. The van der Waals surface area contributed by atoms with Gasteiger partial charge >= 0.3 is 6.03 Å². The second-order valence-electron chi connectivity index (χ2n) is 6.33. The number of rotatable bonds is 6. The zero-order chi connectivity index (χ0) is 20.2. The highest BCUT2D eigenvalue weighted by atomic mass is 35.5. The van der Waals surface area contributed by atoms with E-state index in [4.69, 9.17) is 23.2 Å². The van der Waals surface area contributed by atoms with Crippen LogP contribution in [-0.2, 0) is 16.4 Å². The fourth-order valence-corrected chi connectivity index (χ4v) is 3.70. The van der Waals surface area contributed by atoms with Crippen LogP contribution in [0.25, 0.3) is 0 Å². The molecular formula is C19H22Cl2N2O3S. The van der Waals surface area contributed by atoms with Crippen LogP contribution in [0.3, 0.4) is 0 Å². The highest BCUT2D eigenvalue weighted by molar-refractivity contribution is 7.91. The highest BCUT2D eigenvalue weighted by Gasteiger charge is 2.19. The average molecular weight is 429 g/mol. The molecule has 0 bridgehead atoms. The van der Waals surface area contributed by atoms with E-state index in [1.807, 2.05) is 19.9 Å². The van der Waals surface area contributed by atoms with E-state index in [0.717, 1.165) is 5.56 Å². The fourth-order valence-electron chi connectivity index (χ4n) is 2.45. The van der Waals surface area contributed by atoms with Gasteiger partial charge < -0.3 is 10.2 Å². The summed E-state index contributed by atoms with van der Waals surface area (Å²) < 4.78 is 24.1. The predicted octanol–water partition coefficient (Wildman–Crippen LogP) is 5.23. The van der Waals surface area contributed by atoms with Crippen LogP contribution in [0.2, 0.25) is 10.0 Å². The Morgan fingerprint density at radius 2 is 1.81 bits per heavy atom. The summed E-state index contributed by atoms with van der Waals surface area (Å²) in [6, 6.07) is 11.1. The van der Waals surface area contributed by atoms with E-state index in [0.29, 0.717) is 22.3 Å². The van der Waals surface area contributed by atoms with Gasteiger partial charge in [0.1, 0.15) is 0 Å². The third-order valence-electron chi connectivity index (χ3n) is 4.05. The molecule has 0 radical (unpaired) electrons. The molecule has 27 heavy (non-hydrogen) atoms. The maximum absolute atomic E-state index is 12.7. The lowest BCUT2D eigenvalue weighted by molar-refractivity contribution is 0.193. The van der Waals surface area contributed by atoms with Gasteiger partial charge in [-0.15, -0.1) is 0 Å². The first-order valence-electron chi connectivity index (χ1n) is 8.48. The van der Waals surface area contributed by atoms with Crippen LogP contribution < -0.4 is 5.32 Å². The topological polar surface area (TPSA) is 66.5 Å². The van der Waals surface area contributed by atoms with Crippen molar-refractivity contribution in [2.24, 2.45) is 0 Å². The summed E-state index contributed by atoms with van der Waals surface area (Å²) >= 11 is 12.0. The number of hydrogen-bond donors (Lipinski definition) is 1. The Labute approximate surface area is 170 Å². The fraction of sp³-hybridized carbons (Fsp3) is 0.316. The molecule has 1 N–H and O–H groups in total. The van der Waals surface area contributed by atoms with E-state index in [9.17, 15) is 13.2 Å². The van der Waals surface area contributed by atoms with Gasteiger partial charge in [0, 0.05) is 18.3 Å². The van der Waals surface area contributed by atoms with Gasteiger partial charge in [-0.1, -0.05) is 42.3 Å². The van der Waals surface area contributed by atoms with Crippen LogP contribution in [0.1, 0.15) is 26.3 Å². The molecule has 5 nitrogen and oxygen atoms in total. The molecule has 146 valence electrons. The van der Waals surface area contributed by atoms with Crippen LogP contribution in [0.15, 0.2) is 47.4 Å². The van der Waals surface area contributed by atoms with Crippen molar-refractivity contribution in [1.29, 1.82) is 0 Å². The van der Waals surface area contributed by atoms with Crippen molar-refractivity contribution in [3.8, 4) is 0 Å². The molecule has 8 heteroatoms. The summed E-state index contributed by atoms with van der Waals surface area (Å²) in [5, 5.41) is 3.65. The highest BCUT2D eigenvalue weighted by Crippen LogP contribution is 2.24. The van der Waals surface area contributed by atoms with Crippen LogP contribution in [0.4, 0.5) is 10.5 Å². The summed E-state index contributed by atoms with van der Waals surface area (Å²) in [5.41, 5.74) is 1.27. The number of halogens is 2. The normalized spacial score (nSPS) is 11.5. The van der Waals surface area contributed by atoms with Crippen LogP contribution >= 0.6 is 23.2 Å². The van der Waals surface area contributed by atoms with Crippen LogP contribution in [0, 0.1) is 0 Å². The number of benzene rings is 2. The first-order valence-corrected chi connectivity index (χ1v) is 10.9. The van der Waals surface area contributed by atoms with Crippen molar-refractivity contribution in [3.05, 3.63) is 58.1 Å². The van der Waals surface area contributed by atoms with E-state index >= 15 is 0 Å². The van der Waals surface area contributed by atoms with Crippen molar-refractivity contribution in [2.45, 2.75) is 38.3 Å². The second kappa shape index (κ2) is 8.95. The molecule has 0 saturated carbocycles. The molecule has 0 spiro atoms. The lowest BCUT2D eigenvalue weighted by Gasteiger charge is -2.27. The SMILES string of the molecule is CCS(=O)(=O)c1cccc(NC(=O)N(Cc2ccc(Cl)c(Cl)c2)C(C)C)c1. The number of nitrogens with one attached hydrogen (secondary N) is 1. The third kappa shape index (κ3) is 5.61. The maximum Gasteiger partial charge on any atom is 0.322 e. The van der Waals surface area contributed by atoms with Gasteiger partial charge in [-0.05, 0) is 49.7 Å². The van der Waals surface area contributed by atoms with Gasteiger partial charge in [-0.3, -0.25) is 0 Å². The molecule has 2 amide bonds. The van der Waals surface area contributed by atoms with Crippen molar-refractivity contribution in [2.75, 3.05) is 11.1 Å². The minimum absolute atomic E-state index is 0.000154. The molecule has 2 rings (SSSR count). The van der Waals surface area contributed by atoms with Gasteiger partial charge in [0.15, 0.2) is 9.84 Å². The average Bonchev–Trinajstić information content (AvgIpc) is 2.62. The summed E-state index contributed by atoms with van der Waals surface area (Å²) in [6.45, 7) is 5.72. The Balaban J connectivity index is 2.20. The number of carbonyl (C=O) groups excluding carboxylic acids is 1. The van der Waals surface area contributed by atoms with Gasteiger partial charge in [-0.25, -0.2) is 13.2 Å². The Kier molecular flexibility index (Phi) is 7.14. The van der Waals surface area contributed by atoms with Gasteiger partial charge in [-0.2, -0.15) is 0 Å². The van der Waals surface area contributed by atoms with Crippen LogP contribution in [0.5, 0.6) is 0 Å². The lowest BCUT2D eigenvalue weighted by Crippen LogP contribution is -2.39. The molecule has 0 atom stereocenters. The number of urea groups is 1. The standard InChI is InChI=1S/C19H22Cl2N2O3S/c1-4-27(25,26)16-7-5-6-15(11-16)22-19(24)23(13(2)3)12-14-8-9-17(20)18(21)10-14/h5-11,13H,4,12H2,1-3H3,(H,22,24). The number of carbonyl (C=O) groups is 1. The summed E-state index contributed by atoms with van der Waals surface area (Å²) in [7, 11) is -3.34. The first kappa shape index (κ1) is 21.5. The van der Waals surface area contributed by atoms with Crippen molar-refractivity contribution >= 4 is 44.8 Å². The maximum atomic E-state index is 12.7. The van der Waals surface area contributed by atoms with E-state index < -0.39 is 9.84 Å². The lowest BCUT2D eigenvalue weighted by atomic mass is 10.2. The quantitative estimate of drug-likeness (QED) is 0.684. The zero-order valence-corrected chi connectivity index (χ0v) is 17.7. The Hall–Kier alpha value is -1.76. The largest absolute Gasteiger partial charge is 0.322 e. The summed E-state index contributed by atoms with van der Waals surface area (Å²) in [4.78, 5) is 14.6. The summed E-state index contributed by atoms with van der Waals surface area (Å²) in [5.74, 6) is -0.000154. The Morgan fingerprint density at radius 3 is 2.41 bits per heavy atom. The number of hydrogen-bond acceptors (Lipinski definition) is 3. The van der Waals surface area contributed by atoms with E-state index in [1.165, 1.54) is 12.1 Å². The minimum Gasteiger partial charge on any atom is -0.318 e. The molecule has 0 aliphatic carbocycles. The van der Waals surface area contributed by atoms with Crippen LogP contribution in [-0.4, -0.2) is 31.1 Å². The molecule has 2 aromatic carbocycles. The molecule has 2 aromatic rings. The van der Waals surface area contributed by atoms with Gasteiger partial charge in [0.05, 0.1) is 20.7 Å². The molecule has 0 fully saturated rings. The van der Waals surface area contributed by atoms with Gasteiger partial charge in [0.2, 0.25) is 0 Å². The van der Waals surface area contributed by atoms with E-state index in [2.05, 4.69) is 5.32 Å². The molecule has 0 unspecified atom stereocenters. The van der Waals surface area contributed by atoms with Crippen molar-refractivity contribution in [3.63, 3.8) is 0 Å². The monoisotopic (exact) mass is 428 g/mol. The first-order chi connectivity index (χ1) is 12.6. The molecule has 0 aliphatic rings. The molecule has 0 aromatic heterocycles. The molecule has 0 saturated heterocycles. The smallest absolute Gasteiger partial charge is 0.318 e. The van der Waals surface area contributed by atoms with E-state index in [1.54, 1.807) is 36.1 Å².